The van der Waals surface area contributed by atoms with Crippen molar-refractivity contribution in [3.8, 4) is 0 Å². The van der Waals surface area contributed by atoms with Crippen LogP contribution in [0.15, 0.2) is 24.3 Å². The Labute approximate surface area is 163 Å². The first-order valence-corrected chi connectivity index (χ1v) is 9.05. The smallest absolute Gasteiger partial charge is 0.227 e. The van der Waals surface area contributed by atoms with Crippen molar-refractivity contribution in [3.63, 3.8) is 0 Å². The number of hydrogen-bond donors (Lipinski definition) is 1. The van der Waals surface area contributed by atoms with Gasteiger partial charge >= 0.3 is 0 Å². The Morgan fingerprint density at radius 2 is 1.56 bits per heavy atom. The molecule has 1 aromatic carbocycles. The monoisotopic (exact) mass is 387 g/mol. The van der Waals surface area contributed by atoms with Crippen molar-refractivity contribution in [2.75, 3.05) is 38.5 Å². The van der Waals surface area contributed by atoms with E-state index in [4.69, 9.17) is 5.73 Å². The maximum atomic E-state index is 12.4. The number of carbonyl (C=O) groups is 1. The summed E-state index contributed by atoms with van der Waals surface area (Å²) in [6, 6.07) is 7.63. The van der Waals surface area contributed by atoms with Crippen molar-refractivity contribution in [1.82, 2.24) is 9.80 Å². The number of halogens is 2. The Hall–Kier alpha value is -0.970. The van der Waals surface area contributed by atoms with Crippen LogP contribution in [0.3, 0.4) is 0 Å². The van der Waals surface area contributed by atoms with Crippen LogP contribution in [0.2, 0.25) is 0 Å². The molecule has 1 aliphatic heterocycles. The summed E-state index contributed by atoms with van der Waals surface area (Å²) in [4.78, 5) is 17.0. The highest BCUT2D eigenvalue weighted by molar-refractivity contribution is 5.85. The fourth-order valence-corrected chi connectivity index (χ4v) is 3.84. The first kappa shape index (κ1) is 22.1. The minimum absolute atomic E-state index is 0. The van der Waals surface area contributed by atoms with Crippen molar-refractivity contribution >= 4 is 36.4 Å². The normalized spacial score (nSPS) is 19.0. The van der Waals surface area contributed by atoms with E-state index in [9.17, 15) is 4.79 Å². The molecule has 142 valence electrons. The van der Waals surface area contributed by atoms with E-state index in [1.54, 1.807) is 0 Å². The summed E-state index contributed by atoms with van der Waals surface area (Å²) in [6.07, 6.45) is 7.52. The fraction of sp³-hybridized carbons (Fsp3) is 0.632. The molecule has 0 atom stereocenters. The first-order valence-electron chi connectivity index (χ1n) is 9.05. The molecule has 1 saturated carbocycles. The highest BCUT2D eigenvalue weighted by atomic mass is 35.5. The lowest BCUT2D eigenvalue weighted by Gasteiger charge is -2.37. The number of benzene rings is 1. The maximum Gasteiger partial charge on any atom is 0.227 e. The van der Waals surface area contributed by atoms with Crippen LogP contribution in [0.4, 0.5) is 5.69 Å². The van der Waals surface area contributed by atoms with E-state index in [2.05, 4.69) is 4.90 Å². The van der Waals surface area contributed by atoms with Gasteiger partial charge in [0, 0.05) is 38.4 Å². The molecule has 3 rings (SSSR count). The molecule has 1 saturated heterocycles. The van der Waals surface area contributed by atoms with Crippen molar-refractivity contribution < 1.29 is 4.79 Å². The van der Waals surface area contributed by atoms with E-state index in [0.29, 0.717) is 6.42 Å². The number of piperazine rings is 1. The lowest BCUT2D eigenvalue weighted by atomic mass is 9.89. The van der Waals surface area contributed by atoms with Gasteiger partial charge in [-0.1, -0.05) is 31.4 Å². The summed E-state index contributed by atoms with van der Waals surface area (Å²) in [5.41, 5.74) is 7.49. The molecule has 1 heterocycles. The Balaban J connectivity index is 0.00000156. The molecule has 0 spiro atoms. The molecule has 0 aromatic heterocycles. The average Bonchev–Trinajstić information content (AvgIpc) is 2.58. The topological polar surface area (TPSA) is 49.6 Å². The molecule has 1 aromatic rings. The van der Waals surface area contributed by atoms with Crippen LogP contribution in [0, 0.1) is 5.92 Å². The van der Waals surface area contributed by atoms with E-state index in [0.717, 1.165) is 43.3 Å². The van der Waals surface area contributed by atoms with E-state index < -0.39 is 0 Å². The van der Waals surface area contributed by atoms with Gasteiger partial charge in [-0.25, -0.2) is 0 Å². The summed E-state index contributed by atoms with van der Waals surface area (Å²) in [7, 11) is 0. The molecule has 2 fully saturated rings. The zero-order chi connectivity index (χ0) is 16.1. The third-order valence-electron chi connectivity index (χ3n) is 5.30. The number of anilines is 1. The van der Waals surface area contributed by atoms with Gasteiger partial charge in [0.2, 0.25) is 5.91 Å². The number of hydrogen-bond acceptors (Lipinski definition) is 3. The van der Waals surface area contributed by atoms with E-state index >= 15 is 0 Å². The van der Waals surface area contributed by atoms with Crippen LogP contribution < -0.4 is 5.73 Å². The predicted molar refractivity (Wildman–Crippen MR) is 109 cm³/mol. The van der Waals surface area contributed by atoms with Gasteiger partial charge in [-0.3, -0.25) is 9.69 Å². The second-order valence-corrected chi connectivity index (χ2v) is 7.10. The number of carbonyl (C=O) groups excluding carboxylic acids is 1. The average molecular weight is 388 g/mol. The van der Waals surface area contributed by atoms with Gasteiger partial charge in [0.25, 0.3) is 0 Å². The lowest BCUT2D eigenvalue weighted by molar-refractivity contribution is -0.132. The quantitative estimate of drug-likeness (QED) is 0.805. The molecule has 25 heavy (non-hydrogen) atoms. The van der Waals surface area contributed by atoms with Gasteiger partial charge in [0.1, 0.15) is 0 Å². The molecule has 0 radical (unpaired) electrons. The van der Waals surface area contributed by atoms with Gasteiger partial charge in [0.05, 0.1) is 6.42 Å². The lowest BCUT2D eigenvalue weighted by Crippen LogP contribution is -2.50. The highest BCUT2D eigenvalue weighted by Crippen LogP contribution is 2.24. The molecule has 1 aliphatic carbocycles. The Morgan fingerprint density at radius 1 is 0.960 bits per heavy atom. The summed E-state index contributed by atoms with van der Waals surface area (Å²) in [5.74, 6) is 1.13. The van der Waals surface area contributed by atoms with Crippen LogP contribution in [0.25, 0.3) is 0 Å². The standard InChI is InChI=1S/C19H29N3O.2ClH/c20-18-8-6-16(7-9-18)14-19(23)22-12-10-21(11-13-22)15-17-4-2-1-3-5-17;;/h6-9,17H,1-5,10-15,20H2;2*1H. The van der Waals surface area contributed by atoms with Gasteiger partial charge in [0.15, 0.2) is 0 Å². The molecule has 2 aliphatic rings. The van der Waals surface area contributed by atoms with Gasteiger partial charge in [-0.2, -0.15) is 0 Å². The van der Waals surface area contributed by atoms with E-state index in [-0.39, 0.29) is 30.7 Å². The van der Waals surface area contributed by atoms with Crippen molar-refractivity contribution in [3.05, 3.63) is 29.8 Å². The van der Waals surface area contributed by atoms with Crippen molar-refractivity contribution in [2.45, 2.75) is 38.5 Å². The van der Waals surface area contributed by atoms with Crippen LogP contribution in [0.5, 0.6) is 0 Å². The molecule has 4 nitrogen and oxygen atoms in total. The summed E-state index contributed by atoms with van der Waals surface area (Å²) >= 11 is 0. The molecule has 1 amide bonds. The maximum absolute atomic E-state index is 12.4. The molecule has 2 N–H and O–H groups in total. The molecular weight excluding hydrogens is 357 g/mol. The number of nitrogens with zero attached hydrogens (tertiary/aromatic N) is 2. The summed E-state index contributed by atoms with van der Waals surface area (Å²) in [6.45, 7) is 5.05. The third kappa shape index (κ3) is 6.69. The Kier molecular flexibility index (Phi) is 9.62. The third-order valence-corrected chi connectivity index (χ3v) is 5.30. The predicted octanol–water partition coefficient (Wildman–Crippen LogP) is 3.38. The van der Waals surface area contributed by atoms with Gasteiger partial charge in [-0.05, 0) is 36.5 Å². The van der Waals surface area contributed by atoms with E-state index in [1.807, 2.05) is 29.2 Å². The van der Waals surface area contributed by atoms with Crippen LogP contribution >= 0.6 is 24.8 Å². The van der Waals surface area contributed by atoms with Crippen LogP contribution in [0.1, 0.15) is 37.7 Å². The second kappa shape index (κ2) is 10.9. The highest BCUT2D eigenvalue weighted by Gasteiger charge is 2.23. The summed E-state index contributed by atoms with van der Waals surface area (Å²) in [5, 5.41) is 0. The zero-order valence-electron chi connectivity index (χ0n) is 14.9. The number of rotatable bonds is 4. The molecular formula is C19H31Cl2N3O. The minimum Gasteiger partial charge on any atom is -0.399 e. The second-order valence-electron chi connectivity index (χ2n) is 7.10. The first-order chi connectivity index (χ1) is 11.2. The van der Waals surface area contributed by atoms with E-state index in [1.165, 1.54) is 38.6 Å². The SMILES string of the molecule is Cl.Cl.Nc1ccc(CC(=O)N2CCN(CC3CCCCC3)CC2)cc1. The number of nitrogens with two attached hydrogens (primary N) is 1. The minimum atomic E-state index is 0. The Bertz CT molecular complexity index is 510. The molecule has 6 heteroatoms. The van der Waals surface area contributed by atoms with Crippen molar-refractivity contribution in [1.29, 1.82) is 0 Å². The van der Waals surface area contributed by atoms with Gasteiger partial charge < -0.3 is 10.6 Å². The number of amides is 1. The summed E-state index contributed by atoms with van der Waals surface area (Å²) < 4.78 is 0. The van der Waals surface area contributed by atoms with Crippen LogP contribution in [-0.4, -0.2) is 48.4 Å². The van der Waals surface area contributed by atoms with Crippen molar-refractivity contribution in [2.24, 2.45) is 5.92 Å². The Morgan fingerprint density at radius 3 is 2.16 bits per heavy atom. The molecule has 0 bridgehead atoms. The largest absolute Gasteiger partial charge is 0.399 e. The zero-order valence-corrected chi connectivity index (χ0v) is 16.5. The number of nitrogen functional groups attached to an aromatic ring is 1. The van der Waals surface area contributed by atoms with Crippen LogP contribution in [-0.2, 0) is 11.2 Å². The van der Waals surface area contributed by atoms with Gasteiger partial charge in [-0.15, -0.1) is 24.8 Å². The molecule has 0 unspecified atom stereocenters. The fourth-order valence-electron chi connectivity index (χ4n) is 3.84.